The lowest BCUT2D eigenvalue weighted by molar-refractivity contribution is 0.443. The summed E-state index contributed by atoms with van der Waals surface area (Å²) >= 11 is 0. The zero-order valence-electron chi connectivity index (χ0n) is 8.45. The van der Waals surface area contributed by atoms with Crippen molar-refractivity contribution in [2.24, 2.45) is 0 Å². The SMILES string of the molecule is CC(C)NC1CCN(S(C)(=O)=O)C1.[HH]. The van der Waals surface area contributed by atoms with Crippen LogP contribution in [0.15, 0.2) is 0 Å². The van der Waals surface area contributed by atoms with Gasteiger partial charge in [-0.15, -0.1) is 0 Å². The van der Waals surface area contributed by atoms with E-state index in [0.29, 0.717) is 25.2 Å². The van der Waals surface area contributed by atoms with Crippen molar-refractivity contribution in [3.8, 4) is 0 Å². The first-order valence-electron chi connectivity index (χ1n) is 4.61. The van der Waals surface area contributed by atoms with Crippen molar-refractivity contribution >= 4 is 10.0 Å². The lowest BCUT2D eigenvalue weighted by Crippen LogP contribution is -2.38. The Morgan fingerprint density at radius 1 is 1.54 bits per heavy atom. The molecule has 0 radical (unpaired) electrons. The lowest BCUT2D eigenvalue weighted by Gasteiger charge is -2.16. The molecule has 0 aliphatic carbocycles. The van der Waals surface area contributed by atoms with Crippen molar-refractivity contribution in [1.82, 2.24) is 9.62 Å². The van der Waals surface area contributed by atoms with Gasteiger partial charge in [-0.1, -0.05) is 13.8 Å². The van der Waals surface area contributed by atoms with E-state index < -0.39 is 10.0 Å². The number of nitrogens with zero attached hydrogens (tertiary/aromatic N) is 1. The Morgan fingerprint density at radius 3 is 2.54 bits per heavy atom. The summed E-state index contributed by atoms with van der Waals surface area (Å²) in [5.74, 6) is 0. The molecule has 0 saturated carbocycles. The second-order valence-electron chi connectivity index (χ2n) is 3.93. The Hall–Kier alpha value is -0.130. The van der Waals surface area contributed by atoms with E-state index in [4.69, 9.17) is 0 Å². The minimum atomic E-state index is -2.98. The number of hydrogen-bond donors (Lipinski definition) is 1. The Kier molecular flexibility index (Phi) is 3.32. The van der Waals surface area contributed by atoms with Crippen molar-refractivity contribution in [3.63, 3.8) is 0 Å². The molecule has 1 rings (SSSR count). The third kappa shape index (κ3) is 3.25. The topological polar surface area (TPSA) is 49.4 Å². The second kappa shape index (κ2) is 3.94. The van der Waals surface area contributed by atoms with Crippen LogP contribution in [0.25, 0.3) is 0 Å². The summed E-state index contributed by atoms with van der Waals surface area (Å²) in [5, 5.41) is 3.34. The van der Waals surface area contributed by atoms with Gasteiger partial charge >= 0.3 is 0 Å². The Balaban J connectivity index is 0.00000169. The van der Waals surface area contributed by atoms with Crippen LogP contribution in [0.5, 0.6) is 0 Å². The van der Waals surface area contributed by atoms with Crippen LogP contribution in [0.4, 0.5) is 0 Å². The highest BCUT2D eigenvalue weighted by Crippen LogP contribution is 2.12. The first-order valence-corrected chi connectivity index (χ1v) is 6.45. The fraction of sp³-hybridized carbons (Fsp3) is 1.00. The van der Waals surface area contributed by atoms with Crippen LogP contribution in [-0.4, -0.2) is 44.2 Å². The summed E-state index contributed by atoms with van der Waals surface area (Å²) in [5.41, 5.74) is 0. The molecule has 1 aliphatic rings. The van der Waals surface area contributed by atoms with Gasteiger partial charge in [0.1, 0.15) is 0 Å². The third-order valence-corrected chi connectivity index (χ3v) is 3.46. The quantitative estimate of drug-likeness (QED) is 0.724. The normalized spacial score (nSPS) is 25.7. The van der Waals surface area contributed by atoms with E-state index in [1.165, 1.54) is 10.6 Å². The van der Waals surface area contributed by atoms with E-state index in [1.807, 2.05) is 0 Å². The van der Waals surface area contributed by atoms with E-state index in [9.17, 15) is 8.42 Å². The van der Waals surface area contributed by atoms with Crippen LogP contribution in [0.1, 0.15) is 21.7 Å². The fourth-order valence-corrected chi connectivity index (χ4v) is 2.52. The smallest absolute Gasteiger partial charge is 0.211 e. The molecule has 0 aromatic heterocycles. The van der Waals surface area contributed by atoms with Crippen molar-refractivity contribution < 1.29 is 9.84 Å². The van der Waals surface area contributed by atoms with Crippen LogP contribution >= 0.6 is 0 Å². The number of sulfonamides is 1. The molecule has 1 fully saturated rings. The van der Waals surface area contributed by atoms with Gasteiger partial charge < -0.3 is 5.32 Å². The summed E-state index contributed by atoms with van der Waals surface area (Å²) < 4.78 is 23.9. The van der Waals surface area contributed by atoms with Gasteiger partial charge in [0, 0.05) is 26.6 Å². The molecule has 4 nitrogen and oxygen atoms in total. The summed E-state index contributed by atoms with van der Waals surface area (Å²) in [6, 6.07) is 0.749. The molecular formula is C8H20N2O2S. The maximum atomic E-state index is 11.2. The summed E-state index contributed by atoms with van der Waals surface area (Å²) in [6.07, 6.45) is 2.19. The molecule has 0 aromatic carbocycles. The molecule has 1 atom stereocenters. The molecule has 0 spiro atoms. The molecule has 1 unspecified atom stereocenters. The second-order valence-corrected chi connectivity index (χ2v) is 5.91. The van der Waals surface area contributed by atoms with Crippen molar-refractivity contribution in [1.29, 1.82) is 0 Å². The number of nitrogens with one attached hydrogen (secondary N) is 1. The fourth-order valence-electron chi connectivity index (χ4n) is 1.64. The van der Waals surface area contributed by atoms with E-state index in [-0.39, 0.29) is 1.43 Å². The standard InChI is InChI=1S/C8H18N2O2S.H2/c1-7(2)9-8-4-5-10(6-8)13(3,11)12;/h7-9H,4-6H2,1-3H3;1H. The molecule has 0 bridgehead atoms. The molecular weight excluding hydrogens is 188 g/mol. The number of hydrogen-bond acceptors (Lipinski definition) is 3. The highest BCUT2D eigenvalue weighted by Gasteiger charge is 2.28. The molecule has 1 saturated heterocycles. The monoisotopic (exact) mass is 208 g/mol. The van der Waals surface area contributed by atoms with Crippen LogP contribution in [0.2, 0.25) is 0 Å². The molecule has 1 aliphatic heterocycles. The average molecular weight is 208 g/mol. The third-order valence-electron chi connectivity index (χ3n) is 2.19. The van der Waals surface area contributed by atoms with E-state index >= 15 is 0 Å². The van der Waals surface area contributed by atoms with Crippen LogP contribution in [-0.2, 0) is 10.0 Å². The van der Waals surface area contributed by atoms with Crippen molar-refractivity contribution in [3.05, 3.63) is 0 Å². The van der Waals surface area contributed by atoms with E-state index in [0.717, 1.165) is 6.42 Å². The average Bonchev–Trinajstić information content (AvgIpc) is 2.32. The molecule has 0 amide bonds. The van der Waals surface area contributed by atoms with Gasteiger partial charge in [-0.3, -0.25) is 0 Å². The van der Waals surface area contributed by atoms with Gasteiger partial charge in [-0.2, -0.15) is 0 Å². The summed E-state index contributed by atoms with van der Waals surface area (Å²) in [7, 11) is -2.98. The molecule has 5 heteroatoms. The van der Waals surface area contributed by atoms with E-state index in [2.05, 4.69) is 19.2 Å². The van der Waals surface area contributed by atoms with Gasteiger partial charge in [0.2, 0.25) is 10.0 Å². The molecule has 0 aromatic rings. The molecule has 1 heterocycles. The lowest BCUT2D eigenvalue weighted by atomic mass is 10.2. The largest absolute Gasteiger partial charge is 0.310 e. The van der Waals surface area contributed by atoms with Gasteiger partial charge in [-0.05, 0) is 6.42 Å². The zero-order chi connectivity index (χ0) is 10.1. The van der Waals surface area contributed by atoms with Crippen molar-refractivity contribution in [2.75, 3.05) is 19.3 Å². The van der Waals surface area contributed by atoms with Gasteiger partial charge in [0.25, 0.3) is 0 Å². The van der Waals surface area contributed by atoms with Crippen LogP contribution in [0.3, 0.4) is 0 Å². The molecule has 1 N–H and O–H groups in total. The van der Waals surface area contributed by atoms with Crippen LogP contribution < -0.4 is 5.32 Å². The molecule has 13 heavy (non-hydrogen) atoms. The number of rotatable bonds is 3. The predicted molar refractivity (Wildman–Crippen MR) is 55.2 cm³/mol. The summed E-state index contributed by atoms with van der Waals surface area (Å²) in [4.78, 5) is 0. The Bertz CT molecular complexity index is 267. The van der Waals surface area contributed by atoms with Crippen LogP contribution in [0, 0.1) is 0 Å². The predicted octanol–water partition coefficient (Wildman–Crippen LogP) is 0.264. The van der Waals surface area contributed by atoms with Gasteiger partial charge in [0.15, 0.2) is 0 Å². The highest BCUT2D eigenvalue weighted by molar-refractivity contribution is 7.88. The summed E-state index contributed by atoms with van der Waals surface area (Å²) in [6.45, 7) is 5.42. The maximum Gasteiger partial charge on any atom is 0.211 e. The first kappa shape index (κ1) is 10.9. The zero-order valence-corrected chi connectivity index (χ0v) is 9.26. The minimum Gasteiger partial charge on any atom is -0.310 e. The maximum absolute atomic E-state index is 11.2. The Morgan fingerprint density at radius 2 is 2.15 bits per heavy atom. The minimum absolute atomic E-state index is 0. The highest BCUT2D eigenvalue weighted by atomic mass is 32.2. The van der Waals surface area contributed by atoms with E-state index in [1.54, 1.807) is 0 Å². The first-order chi connectivity index (χ1) is 5.89. The Labute approximate surface area is 81.8 Å². The molecule has 80 valence electrons. The van der Waals surface area contributed by atoms with Crippen molar-refractivity contribution in [2.45, 2.75) is 32.4 Å². The van der Waals surface area contributed by atoms with Gasteiger partial charge in [0.05, 0.1) is 6.26 Å². The van der Waals surface area contributed by atoms with Gasteiger partial charge in [-0.25, -0.2) is 12.7 Å².